The summed E-state index contributed by atoms with van der Waals surface area (Å²) in [6.07, 6.45) is -0.566. The minimum atomic E-state index is -0.763. The quantitative estimate of drug-likeness (QED) is 0.480. The first-order valence-electron chi connectivity index (χ1n) is 5.53. The van der Waals surface area contributed by atoms with Gasteiger partial charge in [-0.3, -0.25) is 9.59 Å². The van der Waals surface area contributed by atoms with E-state index in [0.29, 0.717) is 0 Å². The van der Waals surface area contributed by atoms with E-state index in [1.165, 1.54) is 14.2 Å². The SMILES string of the molecule is COC(=O)[C@@H]1[C@H]2O[C@@](C)([C@@H]3O[C@@H]23)[C@H]1C(=O)OC. The Morgan fingerprint density at radius 1 is 1.12 bits per heavy atom. The van der Waals surface area contributed by atoms with Crippen LogP contribution < -0.4 is 0 Å². The third kappa shape index (κ3) is 1.17. The summed E-state index contributed by atoms with van der Waals surface area (Å²) < 4.78 is 20.7. The van der Waals surface area contributed by atoms with Gasteiger partial charge in [0.05, 0.1) is 14.2 Å². The van der Waals surface area contributed by atoms with Crippen molar-refractivity contribution in [1.82, 2.24) is 0 Å². The van der Waals surface area contributed by atoms with Crippen LogP contribution in [0.25, 0.3) is 0 Å². The van der Waals surface area contributed by atoms with Crippen LogP contribution in [0.2, 0.25) is 0 Å². The van der Waals surface area contributed by atoms with Crippen molar-refractivity contribution >= 4 is 11.9 Å². The van der Waals surface area contributed by atoms with Crippen molar-refractivity contribution < 1.29 is 28.5 Å². The third-order valence-corrected chi connectivity index (χ3v) is 4.06. The minimum absolute atomic E-state index is 0.0787. The highest BCUT2D eigenvalue weighted by Crippen LogP contribution is 2.60. The molecule has 0 aromatic rings. The maximum Gasteiger partial charge on any atom is 0.312 e. The third-order valence-electron chi connectivity index (χ3n) is 4.06. The summed E-state index contributed by atoms with van der Waals surface area (Å²) in [5.41, 5.74) is -0.763. The molecule has 0 amide bonds. The van der Waals surface area contributed by atoms with Crippen molar-refractivity contribution in [2.24, 2.45) is 11.8 Å². The lowest BCUT2D eigenvalue weighted by atomic mass is 9.72. The van der Waals surface area contributed by atoms with E-state index in [2.05, 4.69) is 0 Å². The minimum Gasteiger partial charge on any atom is -0.469 e. The predicted octanol–water partition coefficient (Wildman–Crippen LogP) is -0.497. The molecule has 3 saturated heterocycles. The Hall–Kier alpha value is -1.14. The molecule has 6 atom stereocenters. The Balaban J connectivity index is 1.97. The zero-order valence-electron chi connectivity index (χ0n) is 9.84. The van der Waals surface area contributed by atoms with E-state index in [1.807, 2.05) is 0 Å². The molecule has 0 spiro atoms. The summed E-state index contributed by atoms with van der Waals surface area (Å²) >= 11 is 0. The number of carbonyl (C=O) groups is 2. The summed E-state index contributed by atoms with van der Waals surface area (Å²) in [7, 11) is 2.60. The molecule has 0 N–H and O–H groups in total. The lowest BCUT2D eigenvalue weighted by molar-refractivity contribution is -0.159. The number of esters is 2. The van der Waals surface area contributed by atoms with Gasteiger partial charge in [-0.2, -0.15) is 0 Å². The molecule has 6 nitrogen and oxygen atoms in total. The molecule has 0 aromatic carbocycles. The fraction of sp³-hybridized carbons (Fsp3) is 0.818. The van der Waals surface area contributed by atoms with Crippen LogP contribution in [0, 0.1) is 11.8 Å². The van der Waals surface area contributed by atoms with Gasteiger partial charge in [-0.05, 0) is 6.92 Å². The van der Waals surface area contributed by atoms with E-state index in [-0.39, 0.29) is 18.3 Å². The number of hydrogen-bond donors (Lipinski definition) is 0. The fourth-order valence-electron chi connectivity index (χ4n) is 3.25. The largest absolute Gasteiger partial charge is 0.469 e. The standard InChI is InChI=1S/C11H14O6/c1-11-5(10(13)15-3)4(9(12)14-2)6(17-11)7-8(11)16-7/h4-8H,1-3H3/t4-,5+,6+,7-,8+,11+/m0/s1. The molecule has 3 aliphatic heterocycles. The summed E-state index contributed by atoms with van der Waals surface area (Å²) in [6, 6.07) is 0. The van der Waals surface area contributed by atoms with E-state index in [9.17, 15) is 9.59 Å². The molecule has 3 aliphatic rings. The second-order valence-electron chi connectivity index (χ2n) is 4.84. The number of epoxide rings is 1. The molecule has 17 heavy (non-hydrogen) atoms. The molecule has 6 heteroatoms. The molecule has 0 radical (unpaired) electrons. The molecule has 94 valence electrons. The Labute approximate surface area is 98.1 Å². The number of fused-ring (bicyclic) bond motifs is 5. The Kier molecular flexibility index (Phi) is 2.07. The monoisotopic (exact) mass is 242 g/mol. The van der Waals surface area contributed by atoms with Crippen LogP contribution in [0.3, 0.4) is 0 Å². The molecule has 3 heterocycles. The van der Waals surface area contributed by atoms with Gasteiger partial charge in [0, 0.05) is 0 Å². The van der Waals surface area contributed by atoms with Crippen LogP contribution >= 0.6 is 0 Å². The van der Waals surface area contributed by atoms with Crippen molar-refractivity contribution in [3.63, 3.8) is 0 Å². The normalized spacial score (nSPS) is 49.7. The summed E-state index contributed by atoms with van der Waals surface area (Å²) in [6.45, 7) is 1.79. The first-order chi connectivity index (χ1) is 8.04. The Morgan fingerprint density at radius 3 is 2.35 bits per heavy atom. The average molecular weight is 242 g/mol. The molecule has 3 fully saturated rings. The lowest BCUT2D eigenvalue weighted by Crippen LogP contribution is -2.48. The highest BCUT2D eigenvalue weighted by molar-refractivity contribution is 5.85. The smallest absolute Gasteiger partial charge is 0.312 e. The van der Waals surface area contributed by atoms with Gasteiger partial charge in [-0.15, -0.1) is 0 Å². The molecule has 0 saturated carbocycles. The van der Waals surface area contributed by atoms with Gasteiger partial charge in [0.15, 0.2) is 0 Å². The van der Waals surface area contributed by atoms with Crippen molar-refractivity contribution in [2.45, 2.75) is 30.8 Å². The summed E-state index contributed by atoms with van der Waals surface area (Å²) in [4.78, 5) is 23.6. The van der Waals surface area contributed by atoms with Crippen LogP contribution in [0.5, 0.6) is 0 Å². The number of methoxy groups -OCH3 is 2. The second kappa shape index (κ2) is 3.20. The van der Waals surface area contributed by atoms with E-state index in [0.717, 1.165) is 0 Å². The van der Waals surface area contributed by atoms with Crippen molar-refractivity contribution in [3.8, 4) is 0 Å². The van der Waals surface area contributed by atoms with Gasteiger partial charge in [-0.25, -0.2) is 0 Å². The van der Waals surface area contributed by atoms with Crippen LogP contribution in [0.1, 0.15) is 6.92 Å². The van der Waals surface area contributed by atoms with Crippen LogP contribution in [-0.4, -0.2) is 50.1 Å². The molecular formula is C11H14O6. The van der Waals surface area contributed by atoms with E-state index >= 15 is 0 Å². The zero-order chi connectivity index (χ0) is 12.4. The van der Waals surface area contributed by atoms with E-state index < -0.39 is 29.4 Å². The number of rotatable bonds is 2. The van der Waals surface area contributed by atoms with Gasteiger partial charge in [0.2, 0.25) is 0 Å². The highest BCUT2D eigenvalue weighted by atomic mass is 16.7. The zero-order valence-corrected chi connectivity index (χ0v) is 9.84. The van der Waals surface area contributed by atoms with Crippen LogP contribution in [0.15, 0.2) is 0 Å². The van der Waals surface area contributed by atoms with Gasteiger partial charge >= 0.3 is 11.9 Å². The van der Waals surface area contributed by atoms with Crippen molar-refractivity contribution in [3.05, 3.63) is 0 Å². The molecule has 2 bridgehead atoms. The fourth-order valence-corrected chi connectivity index (χ4v) is 3.25. The summed E-state index contributed by atoms with van der Waals surface area (Å²) in [5.74, 6) is -2.16. The summed E-state index contributed by atoms with van der Waals surface area (Å²) in [5, 5.41) is 0. The molecule has 0 aliphatic carbocycles. The van der Waals surface area contributed by atoms with Crippen LogP contribution in [-0.2, 0) is 28.5 Å². The Bertz CT molecular complexity index is 393. The molecule has 0 unspecified atom stereocenters. The van der Waals surface area contributed by atoms with Crippen molar-refractivity contribution in [1.29, 1.82) is 0 Å². The molecule has 3 rings (SSSR count). The number of hydrogen-bond acceptors (Lipinski definition) is 6. The highest BCUT2D eigenvalue weighted by Gasteiger charge is 2.78. The van der Waals surface area contributed by atoms with Gasteiger partial charge < -0.3 is 18.9 Å². The molecule has 0 aromatic heterocycles. The van der Waals surface area contributed by atoms with E-state index in [1.54, 1.807) is 6.92 Å². The van der Waals surface area contributed by atoms with Crippen molar-refractivity contribution in [2.75, 3.05) is 14.2 Å². The second-order valence-corrected chi connectivity index (χ2v) is 4.84. The maximum atomic E-state index is 11.8. The van der Waals surface area contributed by atoms with Gasteiger partial charge in [0.1, 0.15) is 35.7 Å². The topological polar surface area (TPSA) is 74.4 Å². The van der Waals surface area contributed by atoms with E-state index in [4.69, 9.17) is 18.9 Å². The Morgan fingerprint density at radius 2 is 1.76 bits per heavy atom. The molecular weight excluding hydrogens is 228 g/mol. The number of ether oxygens (including phenoxy) is 4. The number of carbonyl (C=O) groups excluding carboxylic acids is 2. The van der Waals surface area contributed by atoms with Gasteiger partial charge in [0.25, 0.3) is 0 Å². The first kappa shape index (κ1) is 11.0. The van der Waals surface area contributed by atoms with Crippen LogP contribution in [0.4, 0.5) is 0 Å². The average Bonchev–Trinajstić information content (AvgIpc) is 3.02. The van der Waals surface area contributed by atoms with Gasteiger partial charge in [-0.1, -0.05) is 0 Å². The lowest BCUT2D eigenvalue weighted by Gasteiger charge is -2.28. The maximum absolute atomic E-state index is 11.8. The first-order valence-corrected chi connectivity index (χ1v) is 5.53. The predicted molar refractivity (Wildman–Crippen MR) is 53.0 cm³/mol.